The second-order valence-corrected chi connectivity index (χ2v) is 4.96. The normalized spacial score (nSPS) is 10.5. The molecule has 0 unspecified atom stereocenters. The topological polar surface area (TPSA) is 35.2 Å². The molecule has 0 spiro atoms. The van der Waals surface area contributed by atoms with E-state index in [1.54, 1.807) is 12.1 Å². The minimum atomic E-state index is -0.972. The highest BCUT2D eigenvalue weighted by Crippen LogP contribution is 2.25. The Morgan fingerprint density at radius 1 is 1.11 bits per heavy atom. The molecular weight excluding hydrogens is 316 g/mol. The first-order valence-electron chi connectivity index (χ1n) is 5.68. The molecule has 0 bridgehead atoms. The minimum Gasteiger partial charge on any atom is -0.490 e. The number of ether oxygens (including phenoxy) is 1. The molecule has 0 saturated heterocycles. The highest BCUT2D eigenvalue weighted by atomic mass is 79.9. The van der Waals surface area contributed by atoms with E-state index in [2.05, 4.69) is 15.9 Å². The Kier molecular flexibility index (Phi) is 4.37. The van der Waals surface area contributed by atoms with E-state index in [-0.39, 0.29) is 12.4 Å². The Morgan fingerprint density at radius 3 is 2.47 bits per heavy atom. The van der Waals surface area contributed by atoms with Crippen LogP contribution in [-0.2, 0) is 6.42 Å². The van der Waals surface area contributed by atoms with E-state index >= 15 is 0 Å². The molecule has 0 aliphatic heterocycles. The lowest BCUT2D eigenvalue weighted by Gasteiger charge is -2.08. The number of nitrogen functional groups attached to an aromatic ring is 1. The molecule has 5 heteroatoms. The zero-order valence-electron chi connectivity index (χ0n) is 10.00. The Labute approximate surface area is 118 Å². The molecule has 0 aromatic heterocycles. The number of anilines is 1. The molecule has 19 heavy (non-hydrogen) atoms. The van der Waals surface area contributed by atoms with Gasteiger partial charge in [-0.2, -0.15) is 4.39 Å². The van der Waals surface area contributed by atoms with Gasteiger partial charge in [0, 0.05) is 16.6 Å². The molecule has 100 valence electrons. The third-order valence-electron chi connectivity index (χ3n) is 2.59. The molecule has 0 radical (unpaired) electrons. The van der Waals surface area contributed by atoms with Crippen molar-refractivity contribution in [3.63, 3.8) is 0 Å². The van der Waals surface area contributed by atoms with Crippen molar-refractivity contribution in [1.82, 2.24) is 0 Å². The largest absolute Gasteiger partial charge is 0.490 e. The van der Waals surface area contributed by atoms with Crippen LogP contribution >= 0.6 is 15.9 Å². The van der Waals surface area contributed by atoms with Gasteiger partial charge < -0.3 is 10.5 Å². The Balaban J connectivity index is 1.98. The van der Waals surface area contributed by atoms with Gasteiger partial charge in [0.2, 0.25) is 5.82 Å². The van der Waals surface area contributed by atoms with Crippen LogP contribution in [0.2, 0.25) is 0 Å². The van der Waals surface area contributed by atoms with Crippen molar-refractivity contribution in [3.8, 4) is 5.75 Å². The monoisotopic (exact) mass is 327 g/mol. The van der Waals surface area contributed by atoms with Crippen LogP contribution in [0.1, 0.15) is 5.56 Å². The number of nitrogens with two attached hydrogens (primary N) is 1. The summed E-state index contributed by atoms with van der Waals surface area (Å²) < 4.78 is 32.3. The summed E-state index contributed by atoms with van der Waals surface area (Å²) in [7, 11) is 0. The van der Waals surface area contributed by atoms with E-state index in [1.807, 2.05) is 12.1 Å². The molecular formula is C14H12BrF2NO. The summed E-state index contributed by atoms with van der Waals surface area (Å²) in [5.74, 6) is -2.00. The van der Waals surface area contributed by atoms with Gasteiger partial charge in [0.15, 0.2) is 11.6 Å². The average molecular weight is 328 g/mol. The van der Waals surface area contributed by atoms with Crippen LogP contribution in [0.5, 0.6) is 5.75 Å². The quantitative estimate of drug-likeness (QED) is 0.682. The van der Waals surface area contributed by atoms with Gasteiger partial charge in [-0.05, 0) is 29.8 Å². The zero-order valence-corrected chi connectivity index (χ0v) is 11.6. The molecule has 0 saturated carbocycles. The zero-order chi connectivity index (χ0) is 13.8. The maximum atomic E-state index is 13.4. The van der Waals surface area contributed by atoms with Gasteiger partial charge in [-0.15, -0.1) is 0 Å². The van der Waals surface area contributed by atoms with Crippen LogP contribution in [0.25, 0.3) is 0 Å². The van der Waals surface area contributed by atoms with E-state index in [9.17, 15) is 8.78 Å². The van der Waals surface area contributed by atoms with E-state index in [0.29, 0.717) is 16.6 Å². The number of hydrogen-bond acceptors (Lipinski definition) is 2. The summed E-state index contributed by atoms with van der Waals surface area (Å²) in [6.07, 6.45) is 0.591. The summed E-state index contributed by atoms with van der Waals surface area (Å²) >= 11 is 3.09. The van der Waals surface area contributed by atoms with Crippen molar-refractivity contribution in [2.75, 3.05) is 12.3 Å². The van der Waals surface area contributed by atoms with Crippen LogP contribution in [-0.4, -0.2) is 6.61 Å². The third kappa shape index (κ3) is 3.67. The lowest BCUT2D eigenvalue weighted by Crippen LogP contribution is -2.04. The fraction of sp³-hybridized carbons (Fsp3) is 0.143. The molecule has 0 aliphatic rings. The lowest BCUT2D eigenvalue weighted by molar-refractivity contribution is 0.298. The Hall–Kier alpha value is -1.62. The van der Waals surface area contributed by atoms with Crippen LogP contribution in [0, 0.1) is 11.6 Å². The predicted molar refractivity (Wildman–Crippen MR) is 74.1 cm³/mol. The molecule has 2 rings (SSSR count). The van der Waals surface area contributed by atoms with Gasteiger partial charge in [0.05, 0.1) is 6.61 Å². The van der Waals surface area contributed by atoms with Gasteiger partial charge >= 0.3 is 0 Å². The lowest BCUT2D eigenvalue weighted by atomic mass is 10.1. The number of halogens is 3. The molecule has 0 heterocycles. The van der Waals surface area contributed by atoms with Crippen LogP contribution in [0.4, 0.5) is 14.5 Å². The summed E-state index contributed by atoms with van der Waals surface area (Å²) in [6, 6.07) is 9.78. The minimum absolute atomic E-state index is 0.0951. The molecule has 0 amide bonds. The maximum absolute atomic E-state index is 13.4. The van der Waals surface area contributed by atoms with Crippen LogP contribution in [0.3, 0.4) is 0 Å². The first kappa shape index (κ1) is 13.8. The molecule has 2 aromatic rings. The second kappa shape index (κ2) is 6.02. The fourth-order valence-corrected chi connectivity index (χ4v) is 2.01. The van der Waals surface area contributed by atoms with Crippen molar-refractivity contribution in [3.05, 3.63) is 58.1 Å². The van der Waals surface area contributed by atoms with Gasteiger partial charge in [-0.1, -0.05) is 28.1 Å². The smallest absolute Gasteiger partial charge is 0.200 e. The molecule has 0 atom stereocenters. The maximum Gasteiger partial charge on any atom is 0.200 e. The van der Waals surface area contributed by atoms with Crippen LogP contribution in [0.15, 0.2) is 40.9 Å². The molecule has 0 fully saturated rings. The molecule has 0 aliphatic carbocycles. The van der Waals surface area contributed by atoms with E-state index in [1.165, 1.54) is 6.07 Å². The second-order valence-electron chi connectivity index (χ2n) is 4.04. The van der Waals surface area contributed by atoms with Crippen molar-refractivity contribution >= 4 is 21.6 Å². The van der Waals surface area contributed by atoms with Gasteiger partial charge in [0.25, 0.3) is 0 Å². The van der Waals surface area contributed by atoms with Crippen molar-refractivity contribution in [2.45, 2.75) is 6.42 Å². The van der Waals surface area contributed by atoms with Gasteiger partial charge in [-0.25, -0.2) is 4.39 Å². The first-order valence-corrected chi connectivity index (χ1v) is 6.47. The van der Waals surface area contributed by atoms with Gasteiger partial charge in [-0.3, -0.25) is 0 Å². The van der Waals surface area contributed by atoms with Crippen molar-refractivity contribution in [1.29, 1.82) is 0 Å². The average Bonchev–Trinajstić information content (AvgIpc) is 2.37. The third-order valence-corrected chi connectivity index (χ3v) is 3.05. The highest BCUT2D eigenvalue weighted by molar-refractivity contribution is 9.10. The van der Waals surface area contributed by atoms with Crippen molar-refractivity contribution in [2.24, 2.45) is 0 Å². The number of benzene rings is 2. The Bertz CT molecular complexity index is 572. The number of rotatable bonds is 4. The van der Waals surface area contributed by atoms with E-state index in [4.69, 9.17) is 10.5 Å². The highest BCUT2D eigenvalue weighted by Gasteiger charge is 2.11. The van der Waals surface area contributed by atoms with Crippen LogP contribution < -0.4 is 10.5 Å². The van der Waals surface area contributed by atoms with Gasteiger partial charge in [0.1, 0.15) is 0 Å². The van der Waals surface area contributed by atoms with E-state index < -0.39 is 11.6 Å². The summed E-state index contributed by atoms with van der Waals surface area (Å²) in [4.78, 5) is 0. The molecule has 2 aromatic carbocycles. The summed E-state index contributed by atoms with van der Waals surface area (Å²) in [5, 5.41) is 0. The standard InChI is InChI=1S/C14H12BrF2NO/c15-10-7-12(16)14(17)13(8-10)19-6-5-9-1-3-11(18)4-2-9/h1-4,7-8H,5-6,18H2. The molecule has 2 nitrogen and oxygen atoms in total. The van der Waals surface area contributed by atoms with Crippen molar-refractivity contribution < 1.29 is 13.5 Å². The summed E-state index contributed by atoms with van der Waals surface area (Å²) in [5.41, 5.74) is 7.28. The summed E-state index contributed by atoms with van der Waals surface area (Å²) in [6.45, 7) is 0.261. The number of hydrogen-bond donors (Lipinski definition) is 1. The predicted octanol–water partition coefficient (Wildman–Crippen LogP) is 3.93. The first-order chi connectivity index (χ1) is 9.06. The molecule has 2 N–H and O–H groups in total. The Morgan fingerprint density at radius 2 is 1.79 bits per heavy atom. The van der Waals surface area contributed by atoms with E-state index in [0.717, 1.165) is 11.6 Å². The SMILES string of the molecule is Nc1ccc(CCOc2cc(Br)cc(F)c2F)cc1. The fourth-order valence-electron chi connectivity index (χ4n) is 1.60.